The number of unbranched alkanes of at least 4 members (excludes halogenated alkanes) is 6. The van der Waals surface area contributed by atoms with Crippen molar-refractivity contribution in [3.63, 3.8) is 0 Å². The molecule has 0 aliphatic carbocycles. The Morgan fingerprint density at radius 3 is 1.18 bits per heavy atom. The SMILES string of the molecule is C=[N+]=Nc1ccc(CCCCCCC(=O)ON2C(=O)CC(S(=O)(=O)[O-])C2=O)c([N+](=O)[O-])c1.C=[N+]=Nc1ccc(CCCCCCC(=O)ON2C(=O)CCC2=O)c([N+](=O)[O-])c1.C=[N+]=Nc1ccc([N+](=O)[O-])c(C(=O)CCCSSCCC(=O)ON2C(=O)CC(S(=O)(=O)[O-])C2=O)c1.C=[N+]=Nc1ccc([N+](=O)[O-])c(CON2C(=O)CCC2=O)c1.[Na+].[Na+]. The summed E-state index contributed by atoms with van der Waals surface area (Å²) in [5.74, 6) is -9.11. The zero-order chi connectivity index (χ0) is 86.0. The molecule has 0 radical (unpaired) electrons. The predicted octanol–water partition coefficient (Wildman–Crippen LogP) is 0.527. The van der Waals surface area contributed by atoms with Gasteiger partial charge in [-0.1, -0.05) is 47.3 Å². The molecule has 2 atom stereocenters. The van der Waals surface area contributed by atoms with E-state index in [-0.39, 0.29) is 173 Å². The summed E-state index contributed by atoms with van der Waals surface area (Å²) in [6, 6.07) is 17.0. The van der Waals surface area contributed by atoms with Gasteiger partial charge in [0, 0.05) is 111 Å². The third-order valence-corrected chi connectivity index (χ3v) is 20.7. The van der Waals surface area contributed by atoms with Gasteiger partial charge in [-0.05, 0) is 93.5 Å². The van der Waals surface area contributed by atoms with E-state index in [1.807, 2.05) is 0 Å². The number of carbonyl (C=O) groups is 12. The third-order valence-electron chi connectivity index (χ3n) is 16.0. The number of hydrogen-bond donors (Lipinski definition) is 0. The van der Waals surface area contributed by atoms with Gasteiger partial charge < -0.3 is 23.6 Å². The van der Waals surface area contributed by atoms with Crippen molar-refractivity contribution in [3.05, 3.63) is 136 Å². The number of nitro benzene ring substituents is 4. The standard InChI is InChI=1S/C18H18N4O10S3.C18H20N4O9S.C18H21N4O6.C12H11N4O5.2Na/c1-19-20-11-4-5-13(22(27)28)12(9-11)14(23)3-2-7-33-34-8-6-17(25)32-21-16(24)10-15(18(21)26)35(29,30)31;1-19-20-13-9-8-12(14(10-13)22(26)27)6-4-2-3-5-7-17(24)31-21-16(23)11-15(18(21)25)32(28,29)30;1-19-20-14-9-8-13(15(12-14)22(26)27)6-4-2-3-5-7-18(25)28-21-16(23)10-11-17(21)24;1-13-14-9-2-3-10(16(19)20)8(6-9)7-21-15-11(17)4-5-12(15)18;;/h4-5,9,15H,1-3,6-8,10H2;8-10,15H,1-7,11H2;8-9,12H,1-7,10-11H2;2-3,6H,1,4-5,7H2;;/q;;4*+1. The van der Waals surface area contributed by atoms with E-state index in [0.29, 0.717) is 95.4 Å². The number of nitrogens with zero attached hydrogens (tertiary/aromatic N) is 16. The van der Waals surface area contributed by atoms with Crippen molar-refractivity contribution < 1.29 is 201 Å². The molecule has 0 aromatic heterocycles. The van der Waals surface area contributed by atoms with Crippen LogP contribution in [-0.4, -0.2) is 205 Å². The van der Waals surface area contributed by atoms with Crippen molar-refractivity contribution in [2.75, 3.05) is 11.5 Å². The number of carbonyl (C=O) groups excluding carboxylic acids is 12. The minimum Gasteiger partial charge on any atom is -0.747 e. The average Bonchev–Trinajstić information content (AvgIpc) is 1.67. The minimum atomic E-state index is -5.05. The second-order valence-electron chi connectivity index (χ2n) is 24.1. The molecule has 4 heterocycles. The molecule has 4 aromatic rings. The van der Waals surface area contributed by atoms with E-state index in [9.17, 15) is 124 Å². The maximum absolute atomic E-state index is 12.4. The fourth-order valence-corrected chi connectivity index (χ4v) is 13.9. The molecular weight excluding hydrogens is 1670 g/mol. The zero-order valence-corrected chi connectivity index (χ0v) is 70.2. The number of hydroxylamine groups is 8. The summed E-state index contributed by atoms with van der Waals surface area (Å²) >= 11 is 0. The summed E-state index contributed by atoms with van der Waals surface area (Å²) < 4.78 is 65.8. The van der Waals surface area contributed by atoms with Gasteiger partial charge in [-0.3, -0.25) is 88.4 Å². The van der Waals surface area contributed by atoms with E-state index in [1.165, 1.54) is 70.1 Å². The van der Waals surface area contributed by atoms with Crippen molar-refractivity contribution in [1.29, 1.82) is 0 Å². The number of ketones is 1. The average molecular weight is 1740 g/mol. The second-order valence-corrected chi connectivity index (χ2v) is 29.9. The molecule has 52 heteroatoms. The molecule has 118 heavy (non-hydrogen) atoms. The van der Waals surface area contributed by atoms with Crippen molar-refractivity contribution in [1.82, 2.24) is 20.3 Å². The number of hydrogen-bond acceptors (Lipinski definition) is 36. The quantitative estimate of drug-likeness (QED) is 0.00502. The first-order valence-corrected chi connectivity index (χ1v) is 39.5. The molecule has 0 saturated carbocycles. The van der Waals surface area contributed by atoms with Gasteiger partial charge in [-0.2, -0.15) is 5.06 Å². The molecule has 4 aliphatic rings. The van der Waals surface area contributed by atoms with Gasteiger partial charge in [0.1, 0.15) is 69.2 Å². The Kier molecular flexibility index (Phi) is 42.9. The Bertz CT molecular complexity index is 4970. The van der Waals surface area contributed by atoms with E-state index >= 15 is 0 Å². The van der Waals surface area contributed by atoms with Gasteiger partial charge in [0.25, 0.3) is 96.9 Å². The van der Waals surface area contributed by atoms with Gasteiger partial charge in [0.15, 0.2) is 17.2 Å². The fraction of sp³-hybridized carbons (Fsp3) is 0.394. The first-order valence-electron chi connectivity index (χ1n) is 34.1. The number of imide groups is 4. The van der Waals surface area contributed by atoms with Gasteiger partial charge in [0.2, 0.25) is 0 Å². The first-order chi connectivity index (χ1) is 54.9. The van der Waals surface area contributed by atoms with Crippen molar-refractivity contribution in [3.8, 4) is 0 Å². The summed E-state index contributed by atoms with van der Waals surface area (Å²) in [5, 5.41) is 56.2. The second kappa shape index (κ2) is 50.0. The molecular formula is C66H70N16Na2O30S4+4. The number of nitro groups is 4. The number of rotatable bonds is 39. The van der Waals surface area contributed by atoms with Crippen LogP contribution in [0, 0.1) is 40.5 Å². The van der Waals surface area contributed by atoms with Crippen LogP contribution >= 0.6 is 21.6 Å². The van der Waals surface area contributed by atoms with E-state index in [0.717, 1.165) is 19.3 Å². The van der Waals surface area contributed by atoms with Crippen LogP contribution in [0.15, 0.2) is 93.3 Å². The van der Waals surface area contributed by atoms with Crippen LogP contribution in [0.4, 0.5) is 45.5 Å². The molecule has 2 unspecified atom stereocenters. The van der Waals surface area contributed by atoms with Crippen LogP contribution in [0.5, 0.6) is 0 Å². The maximum atomic E-state index is 12.4. The van der Waals surface area contributed by atoms with Crippen LogP contribution in [0.3, 0.4) is 0 Å². The number of benzene rings is 4. The topological polar surface area (TPSA) is 648 Å². The van der Waals surface area contributed by atoms with E-state index in [1.54, 1.807) is 24.3 Å². The summed E-state index contributed by atoms with van der Waals surface area (Å²) in [6.45, 7) is 12.5. The number of amides is 8. The van der Waals surface area contributed by atoms with Crippen molar-refractivity contribution in [2.45, 2.75) is 152 Å². The van der Waals surface area contributed by atoms with Crippen LogP contribution in [0.2, 0.25) is 0 Å². The Morgan fingerprint density at radius 2 is 0.780 bits per heavy atom. The van der Waals surface area contributed by atoms with Gasteiger partial charge in [0.05, 0.1) is 50.1 Å². The molecule has 4 aliphatic heterocycles. The molecule has 0 spiro atoms. The molecule has 616 valence electrons. The Hall–Kier alpha value is -10.9. The molecule has 46 nitrogen and oxygen atoms in total. The van der Waals surface area contributed by atoms with Gasteiger partial charge in [-0.15, -0.1) is 15.2 Å². The van der Waals surface area contributed by atoms with Crippen molar-refractivity contribution in [2.24, 2.45) is 20.5 Å². The minimum absolute atomic E-state index is 0. The van der Waals surface area contributed by atoms with Crippen LogP contribution in [0.25, 0.3) is 0 Å². The summed E-state index contributed by atoms with van der Waals surface area (Å²) in [4.78, 5) is 215. The largest absolute Gasteiger partial charge is 1.00 e. The van der Waals surface area contributed by atoms with E-state index < -0.39 is 134 Å². The number of Topliss-reactive ketones (excluding diaryl/α,β-unsaturated/α-hetero) is 1. The molecule has 0 bridgehead atoms. The summed E-state index contributed by atoms with van der Waals surface area (Å²) in [5.41, 5.74) is 1.93. The molecule has 0 N–H and O–H groups in total. The zero-order valence-electron chi connectivity index (χ0n) is 62.9. The molecule has 4 aromatic carbocycles. The van der Waals surface area contributed by atoms with Gasteiger partial charge >= 0.3 is 77.0 Å². The normalized spacial score (nSPS) is 14.7. The smallest absolute Gasteiger partial charge is 0.747 e. The van der Waals surface area contributed by atoms with Crippen LogP contribution in [0.1, 0.15) is 149 Å². The third kappa shape index (κ3) is 32.2. The predicted molar refractivity (Wildman–Crippen MR) is 392 cm³/mol. The Balaban J connectivity index is 0.000000410. The first kappa shape index (κ1) is 101. The molecule has 8 amide bonds. The summed E-state index contributed by atoms with van der Waals surface area (Å²) in [7, 11) is -7.52. The van der Waals surface area contributed by atoms with Crippen LogP contribution in [-0.2, 0) is 112 Å². The molecule has 8 rings (SSSR count). The summed E-state index contributed by atoms with van der Waals surface area (Å²) in [6.07, 6.45) is 4.59. The Labute approximate surface area is 720 Å². The monoisotopic (exact) mass is 1740 g/mol. The maximum Gasteiger partial charge on any atom is 1.00 e. The van der Waals surface area contributed by atoms with Crippen molar-refractivity contribution >= 4 is 185 Å². The van der Waals surface area contributed by atoms with Gasteiger partial charge in [-0.25, -0.2) is 31.2 Å². The van der Waals surface area contributed by atoms with E-state index in [2.05, 4.69) is 76.2 Å². The molecule has 4 fully saturated rings. The fourth-order valence-electron chi connectivity index (χ4n) is 10.5. The van der Waals surface area contributed by atoms with E-state index in [4.69, 9.17) is 9.68 Å². The van der Waals surface area contributed by atoms with Crippen LogP contribution < -0.4 is 59.1 Å². The Morgan fingerprint density at radius 1 is 0.424 bits per heavy atom. The molecule has 4 saturated heterocycles. The number of aryl methyl sites for hydroxylation is 2.